The first-order chi connectivity index (χ1) is 10.8. The van der Waals surface area contributed by atoms with Gasteiger partial charge in [0.15, 0.2) is 0 Å². The summed E-state index contributed by atoms with van der Waals surface area (Å²) in [5, 5.41) is 2.85. The Labute approximate surface area is 129 Å². The lowest BCUT2D eigenvalue weighted by Crippen LogP contribution is -2.17. The fraction of sp³-hybridized carbons (Fsp3) is 0.294. The lowest BCUT2D eigenvalue weighted by atomic mass is 10.2. The first-order valence-electron chi connectivity index (χ1n) is 7.44. The van der Waals surface area contributed by atoms with Crippen LogP contribution in [0.1, 0.15) is 23.3 Å². The fourth-order valence-corrected chi connectivity index (χ4v) is 2.58. The summed E-state index contributed by atoms with van der Waals surface area (Å²) >= 11 is 0. The summed E-state index contributed by atoms with van der Waals surface area (Å²) in [6.45, 7) is 2.22. The zero-order valence-corrected chi connectivity index (χ0v) is 12.6. The maximum Gasteiger partial charge on any atom is 0.274 e. The summed E-state index contributed by atoms with van der Waals surface area (Å²) in [6, 6.07) is 13.0. The van der Waals surface area contributed by atoms with E-state index in [0.717, 1.165) is 18.8 Å². The first kappa shape index (κ1) is 14.4. The van der Waals surface area contributed by atoms with Crippen molar-refractivity contribution in [2.24, 2.45) is 0 Å². The van der Waals surface area contributed by atoms with Crippen LogP contribution in [0.4, 0.5) is 11.4 Å². The van der Waals surface area contributed by atoms with Crippen molar-refractivity contribution in [3.63, 3.8) is 0 Å². The van der Waals surface area contributed by atoms with Crippen LogP contribution in [0.5, 0.6) is 5.88 Å². The minimum absolute atomic E-state index is 0.243. The van der Waals surface area contributed by atoms with Crippen LogP contribution in [0.2, 0.25) is 0 Å². The zero-order chi connectivity index (χ0) is 15.4. The van der Waals surface area contributed by atoms with E-state index in [2.05, 4.69) is 15.2 Å². The standard InChI is InChI=1S/C17H19N3O2/c1-22-16-6-4-5-15(19-16)17(21)18-13-7-9-14(10-8-13)20-11-2-3-12-20/h4-10H,2-3,11-12H2,1H3,(H,18,21). The van der Waals surface area contributed by atoms with Crippen molar-refractivity contribution in [1.29, 1.82) is 0 Å². The Kier molecular flexibility index (Phi) is 4.23. The number of aromatic nitrogens is 1. The first-order valence-corrected chi connectivity index (χ1v) is 7.44. The summed E-state index contributed by atoms with van der Waals surface area (Å²) in [5.74, 6) is 0.185. The molecule has 0 saturated carbocycles. The van der Waals surface area contributed by atoms with E-state index in [1.54, 1.807) is 18.2 Å². The summed E-state index contributed by atoms with van der Waals surface area (Å²) in [4.78, 5) is 18.7. The van der Waals surface area contributed by atoms with Gasteiger partial charge in [0.05, 0.1) is 7.11 Å². The Morgan fingerprint density at radius 2 is 1.86 bits per heavy atom. The van der Waals surface area contributed by atoms with E-state index in [1.165, 1.54) is 25.6 Å². The molecule has 1 fully saturated rings. The molecule has 5 nitrogen and oxygen atoms in total. The van der Waals surface area contributed by atoms with E-state index in [0.29, 0.717) is 11.6 Å². The van der Waals surface area contributed by atoms with Crippen molar-refractivity contribution in [3.8, 4) is 5.88 Å². The van der Waals surface area contributed by atoms with Gasteiger partial charge in [-0.3, -0.25) is 4.79 Å². The van der Waals surface area contributed by atoms with Gasteiger partial charge in [0, 0.05) is 30.5 Å². The van der Waals surface area contributed by atoms with Gasteiger partial charge in [0.2, 0.25) is 5.88 Å². The Morgan fingerprint density at radius 3 is 2.55 bits per heavy atom. The van der Waals surface area contributed by atoms with Crippen LogP contribution in [-0.4, -0.2) is 31.1 Å². The lowest BCUT2D eigenvalue weighted by molar-refractivity contribution is 0.102. The minimum atomic E-state index is -0.243. The highest BCUT2D eigenvalue weighted by atomic mass is 16.5. The smallest absolute Gasteiger partial charge is 0.274 e. The van der Waals surface area contributed by atoms with Gasteiger partial charge in [-0.25, -0.2) is 4.98 Å². The molecule has 1 saturated heterocycles. The quantitative estimate of drug-likeness (QED) is 0.942. The molecule has 3 rings (SSSR count). The summed E-state index contributed by atoms with van der Waals surface area (Å²) in [7, 11) is 1.53. The number of pyridine rings is 1. The van der Waals surface area contributed by atoms with Gasteiger partial charge in [-0.2, -0.15) is 0 Å². The second-order valence-electron chi connectivity index (χ2n) is 5.26. The average molecular weight is 297 g/mol. The molecule has 0 spiro atoms. The third-order valence-electron chi connectivity index (χ3n) is 3.76. The van der Waals surface area contributed by atoms with Gasteiger partial charge in [0.1, 0.15) is 5.69 Å². The molecule has 22 heavy (non-hydrogen) atoms. The van der Waals surface area contributed by atoms with E-state index in [9.17, 15) is 4.79 Å². The number of hydrogen-bond donors (Lipinski definition) is 1. The largest absolute Gasteiger partial charge is 0.481 e. The molecule has 1 aliphatic rings. The van der Waals surface area contributed by atoms with E-state index in [1.807, 2.05) is 24.3 Å². The highest BCUT2D eigenvalue weighted by Crippen LogP contribution is 2.22. The third kappa shape index (κ3) is 3.19. The second kappa shape index (κ2) is 6.47. The van der Waals surface area contributed by atoms with Gasteiger partial charge in [-0.15, -0.1) is 0 Å². The Balaban J connectivity index is 1.68. The van der Waals surface area contributed by atoms with Gasteiger partial charge < -0.3 is 15.0 Å². The van der Waals surface area contributed by atoms with Crippen LogP contribution in [0.25, 0.3) is 0 Å². The van der Waals surface area contributed by atoms with Gasteiger partial charge in [0.25, 0.3) is 5.91 Å². The van der Waals surface area contributed by atoms with Crippen molar-refractivity contribution < 1.29 is 9.53 Å². The van der Waals surface area contributed by atoms with Crippen LogP contribution >= 0.6 is 0 Å². The number of methoxy groups -OCH3 is 1. The van der Waals surface area contributed by atoms with Crippen molar-refractivity contribution in [2.45, 2.75) is 12.8 Å². The molecular weight excluding hydrogens is 278 g/mol. The molecule has 0 aliphatic carbocycles. The molecule has 1 aliphatic heterocycles. The summed E-state index contributed by atoms with van der Waals surface area (Å²) in [5.41, 5.74) is 2.30. The SMILES string of the molecule is COc1cccc(C(=O)Nc2ccc(N3CCCC3)cc2)n1. The van der Waals surface area contributed by atoms with Crippen LogP contribution < -0.4 is 15.0 Å². The molecule has 114 valence electrons. The molecule has 0 radical (unpaired) electrons. The molecule has 1 N–H and O–H groups in total. The number of nitrogens with zero attached hydrogens (tertiary/aromatic N) is 2. The second-order valence-corrected chi connectivity index (χ2v) is 5.26. The normalized spacial score (nSPS) is 14.0. The molecule has 1 aromatic heterocycles. The Morgan fingerprint density at radius 1 is 1.14 bits per heavy atom. The van der Waals surface area contributed by atoms with Crippen molar-refractivity contribution in [1.82, 2.24) is 4.98 Å². The van der Waals surface area contributed by atoms with Crippen molar-refractivity contribution in [3.05, 3.63) is 48.2 Å². The molecule has 5 heteroatoms. The topological polar surface area (TPSA) is 54.5 Å². The van der Waals surface area contributed by atoms with Crippen LogP contribution in [0, 0.1) is 0 Å². The maximum atomic E-state index is 12.2. The number of rotatable bonds is 4. The van der Waals surface area contributed by atoms with Gasteiger partial charge in [-0.1, -0.05) is 6.07 Å². The number of carbonyl (C=O) groups excluding carboxylic acids is 1. The average Bonchev–Trinajstić information content (AvgIpc) is 3.10. The van der Waals surface area contributed by atoms with Gasteiger partial charge >= 0.3 is 0 Å². The molecule has 2 aromatic rings. The molecule has 0 unspecified atom stereocenters. The predicted octanol–water partition coefficient (Wildman–Crippen LogP) is 2.94. The fourth-order valence-electron chi connectivity index (χ4n) is 2.58. The highest BCUT2D eigenvalue weighted by Gasteiger charge is 2.13. The molecular formula is C17H19N3O2. The van der Waals surface area contributed by atoms with Crippen LogP contribution in [0.3, 0.4) is 0 Å². The van der Waals surface area contributed by atoms with Crippen LogP contribution in [-0.2, 0) is 0 Å². The molecule has 1 aromatic carbocycles. The Hall–Kier alpha value is -2.56. The lowest BCUT2D eigenvalue weighted by Gasteiger charge is -2.17. The summed E-state index contributed by atoms with van der Waals surface area (Å²) < 4.78 is 5.03. The molecule has 1 amide bonds. The third-order valence-corrected chi connectivity index (χ3v) is 3.76. The number of benzene rings is 1. The number of amides is 1. The van der Waals surface area contributed by atoms with E-state index in [-0.39, 0.29) is 5.91 Å². The zero-order valence-electron chi connectivity index (χ0n) is 12.6. The molecule has 2 heterocycles. The van der Waals surface area contributed by atoms with E-state index < -0.39 is 0 Å². The molecule has 0 bridgehead atoms. The van der Waals surface area contributed by atoms with Crippen LogP contribution in [0.15, 0.2) is 42.5 Å². The van der Waals surface area contributed by atoms with Gasteiger partial charge in [-0.05, 0) is 43.2 Å². The number of hydrogen-bond acceptors (Lipinski definition) is 4. The minimum Gasteiger partial charge on any atom is -0.481 e. The Bertz CT molecular complexity index is 649. The maximum absolute atomic E-state index is 12.2. The van der Waals surface area contributed by atoms with Crippen molar-refractivity contribution in [2.75, 3.05) is 30.4 Å². The van der Waals surface area contributed by atoms with E-state index >= 15 is 0 Å². The number of nitrogens with one attached hydrogen (secondary N) is 1. The number of carbonyl (C=O) groups is 1. The monoisotopic (exact) mass is 297 g/mol. The predicted molar refractivity (Wildman–Crippen MR) is 86.6 cm³/mol. The van der Waals surface area contributed by atoms with Crippen molar-refractivity contribution >= 4 is 17.3 Å². The number of ether oxygens (including phenoxy) is 1. The molecule has 0 atom stereocenters. The highest BCUT2D eigenvalue weighted by molar-refractivity contribution is 6.03. The number of anilines is 2. The van der Waals surface area contributed by atoms with E-state index in [4.69, 9.17) is 4.74 Å². The summed E-state index contributed by atoms with van der Waals surface area (Å²) in [6.07, 6.45) is 2.50.